The minimum atomic E-state index is -1.03. The van der Waals surface area contributed by atoms with Crippen LogP contribution in [0.15, 0.2) is 18.2 Å². The Bertz CT molecular complexity index is 376. The van der Waals surface area contributed by atoms with Crippen molar-refractivity contribution in [3.8, 4) is 11.5 Å². The molecule has 0 aliphatic rings. The zero-order valence-corrected chi connectivity index (χ0v) is 11.1. The summed E-state index contributed by atoms with van der Waals surface area (Å²) in [4.78, 5) is 10.7. The summed E-state index contributed by atoms with van der Waals surface area (Å²) < 4.78 is 10.4. The van der Waals surface area contributed by atoms with Gasteiger partial charge in [0.05, 0.1) is 19.3 Å². The second-order valence-electron chi connectivity index (χ2n) is 3.28. The summed E-state index contributed by atoms with van der Waals surface area (Å²) in [5.74, 6) is -0.283. The Labute approximate surface area is 107 Å². The molecular weight excluding hydrogens is 236 g/mol. The maximum Gasteiger partial charge on any atom is 0.335 e. The van der Waals surface area contributed by atoms with E-state index in [2.05, 4.69) is 0 Å². The smallest absolute Gasteiger partial charge is 0.335 e. The van der Waals surface area contributed by atoms with Crippen molar-refractivity contribution >= 4 is 5.97 Å². The number of carboxylic acid groups (broad SMARTS) is 1. The van der Waals surface area contributed by atoms with E-state index >= 15 is 0 Å². The molecule has 0 amide bonds. The molecule has 0 aliphatic heterocycles. The number of methoxy groups -OCH3 is 1. The second-order valence-corrected chi connectivity index (χ2v) is 3.28. The Morgan fingerprint density at radius 3 is 2.39 bits per heavy atom. The van der Waals surface area contributed by atoms with E-state index in [0.717, 1.165) is 0 Å². The van der Waals surface area contributed by atoms with Crippen molar-refractivity contribution in [1.29, 1.82) is 0 Å². The Morgan fingerprint density at radius 2 is 1.94 bits per heavy atom. The molecule has 0 saturated carbocycles. The highest BCUT2D eigenvalue weighted by atomic mass is 16.5. The average molecular weight is 256 g/mol. The van der Waals surface area contributed by atoms with Gasteiger partial charge in [-0.05, 0) is 25.1 Å². The number of benzene rings is 1. The predicted octanol–water partition coefficient (Wildman–Crippen LogP) is 2.18. The number of ether oxygens (including phenoxy) is 2. The number of hydrogen-bond acceptors (Lipinski definition) is 4. The van der Waals surface area contributed by atoms with Crippen LogP contribution in [0.1, 0.15) is 31.1 Å². The predicted molar refractivity (Wildman–Crippen MR) is 68.5 cm³/mol. The molecule has 5 nitrogen and oxygen atoms in total. The van der Waals surface area contributed by atoms with Gasteiger partial charge < -0.3 is 19.7 Å². The standard InChI is InChI=1S/C11H14O5.C2H6/c1-7(6-12)16-9-4-3-8(11(13)14)5-10(9)15-2;1-2/h3-5,7,12H,6H2,1-2H3,(H,13,14);1-2H3. The largest absolute Gasteiger partial charge is 0.493 e. The zero-order chi connectivity index (χ0) is 14.1. The van der Waals surface area contributed by atoms with Gasteiger partial charge in [0.2, 0.25) is 0 Å². The topological polar surface area (TPSA) is 76.0 Å². The molecule has 0 heterocycles. The molecule has 0 bridgehead atoms. The summed E-state index contributed by atoms with van der Waals surface area (Å²) in [5, 5.41) is 17.6. The van der Waals surface area contributed by atoms with Crippen LogP contribution in [-0.2, 0) is 0 Å². The summed E-state index contributed by atoms with van der Waals surface area (Å²) in [6.45, 7) is 5.58. The molecule has 1 atom stereocenters. The molecule has 1 unspecified atom stereocenters. The summed E-state index contributed by atoms with van der Waals surface area (Å²) >= 11 is 0. The van der Waals surface area contributed by atoms with Gasteiger partial charge in [-0.3, -0.25) is 0 Å². The quantitative estimate of drug-likeness (QED) is 0.844. The summed E-state index contributed by atoms with van der Waals surface area (Å²) in [5.41, 5.74) is 0.126. The number of rotatable bonds is 5. The van der Waals surface area contributed by atoms with Crippen LogP contribution in [0.5, 0.6) is 11.5 Å². The molecule has 18 heavy (non-hydrogen) atoms. The van der Waals surface area contributed by atoms with E-state index in [1.165, 1.54) is 25.3 Å². The van der Waals surface area contributed by atoms with Crippen LogP contribution in [0.2, 0.25) is 0 Å². The highest BCUT2D eigenvalue weighted by molar-refractivity contribution is 5.88. The van der Waals surface area contributed by atoms with Crippen molar-refractivity contribution < 1.29 is 24.5 Å². The van der Waals surface area contributed by atoms with Crippen molar-refractivity contribution in [2.75, 3.05) is 13.7 Å². The van der Waals surface area contributed by atoms with Crippen LogP contribution in [0.4, 0.5) is 0 Å². The Hall–Kier alpha value is -1.75. The molecule has 0 aromatic heterocycles. The molecule has 0 saturated heterocycles. The van der Waals surface area contributed by atoms with Crippen LogP contribution in [0, 0.1) is 0 Å². The van der Waals surface area contributed by atoms with E-state index < -0.39 is 5.97 Å². The van der Waals surface area contributed by atoms with Crippen molar-refractivity contribution in [2.24, 2.45) is 0 Å². The van der Waals surface area contributed by atoms with E-state index in [4.69, 9.17) is 19.7 Å². The lowest BCUT2D eigenvalue weighted by atomic mass is 10.2. The Kier molecular flexibility index (Phi) is 7.54. The third-order valence-electron chi connectivity index (χ3n) is 2.00. The van der Waals surface area contributed by atoms with Gasteiger partial charge in [-0.2, -0.15) is 0 Å². The Morgan fingerprint density at radius 1 is 1.33 bits per heavy atom. The Balaban J connectivity index is 0.00000137. The molecule has 0 spiro atoms. The van der Waals surface area contributed by atoms with Gasteiger partial charge in [0.25, 0.3) is 0 Å². The summed E-state index contributed by atoms with van der Waals surface area (Å²) in [7, 11) is 1.43. The number of hydrogen-bond donors (Lipinski definition) is 2. The number of aromatic carboxylic acids is 1. The maximum absolute atomic E-state index is 10.7. The van der Waals surface area contributed by atoms with Crippen molar-refractivity contribution in [3.05, 3.63) is 23.8 Å². The van der Waals surface area contributed by atoms with Gasteiger partial charge in [-0.25, -0.2) is 4.79 Å². The third-order valence-corrected chi connectivity index (χ3v) is 2.00. The number of aliphatic hydroxyl groups excluding tert-OH is 1. The van der Waals surface area contributed by atoms with E-state index in [1.54, 1.807) is 6.92 Å². The fourth-order valence-corrected chi connectivity index (χ4v) is 1.15. The van der Waals surface area contributed by atoms with Crippen molar-refractivity contribution in [3.63, 3.8) is 0 Å². The van der Waals surface area contributed by atoms with E-state index in [-0.39, 0.29) is 18.3 Å². The zero-order valence-electron chi connectivity index (χ0n) is 11.1. The first-order chi connectivity index (χ1) is 8.58. The fraction of sp³-hybridized carbons (Fsp3) is 0.462. The van der Waals surface area contributed by atoms with Crippen LogP contribution in [0.3, 0.4) is 0 Å². The highest BCUT2D eigenvalue weighted by Gasteiger charge is 2.11. The number of aliphatic hydroxyl groups is 1. The van der Waals surface area contributed by atoms with Crippen LogP contribution >= 0.6 is 0 Å². The van der Waals surface area contributed by atoms with Crippen LogP contribution in [-0.4, -0.2) is 36.0 Å². The lowest BCUT2D eigenvalue weighted by Crippen LogP contribution is -2.16. The van der Waals surface area contributed by atoms with Crippen molar-refractivity contribution in [1.82, 2.24) is 0 Å². The molecule has 1 aromatic carbocycles. The van der Waals surface area contributed by atoms with Crippen molar-refractivity contribution in [2.45, 2.75) is 26.9 Å². The van der Waals surface area contributed by atoms with Gasteiger partial charge >= 0.3 is 5.97 Å². The van der Waals surface area contributed by atoms with E-state index in [1.807, 2.05) is 13.8 Å². The highest BCUT2D eigenvalue weighted by Crippen LogP contribution is 2.28. The third kappa shape index (κ3) is 4.63. The number of carboxylic acids is 1. The first-order valence-electron chi connectivity index (χ1n) is 5.77. The molecule has 0 aliphatic carbocycles. The normalized spacial score (nSPS) is 10.9. The molecule has 1 aromatic rings. The lowest BCUT2D eigenvalue weighted by molar-refractivity contribution is 0.0696. The minimum absolute atomic E-state index is 0.121. The van der Waals surface area contributed by atoms with E-state index in [9.17, 15) is 4.79 Å². The van der Waals surface area contributed by atoms with Crippen LogP contribution in [0.25, 0.3) is 0 Å². The van der Waals surface area contributed by atoms with Crippen LogP contribution < -0.4 is 9.47 Å². The van der Waals surface area contributed by atoms with Gasteiger partial charge in [0.15, 0.2) is 11.5 Å². The monoisotopic (exact) mass is 256 g/mol. The SMILES string of the molecule is CC.COc1cc(C(=O)O)ccc1OC(C)CO. The second kappa shape index (κ2) is 8.36. The molecule has 102 valence electrons. The number of carbonyl (C=O) groups is 1. The van der Waals surface area contributed by atoms with Gasteiger partial charge in [-0.1, -0.05) is 13.8 Å². The molecule has 0 radical (unpaired) electrons. The lowest BCUT2D eigenvalue weighted by Gasteiger charge is -2.15. The summed E-state index contributed by atoms with van der Waals surface area (Å²) in [6, 6.07) is 4.31. The minimum Gasteiger partial charge on any atom is -0.493 e. The molecule has 5 heteroatoms. The van der Waals surface area contributed by atoms with E-state index in [0.29, 0.717) is 11.5 Å². The molecule has 0 fully saturated rings. The van der Waals surface area contributed by atoms with Gasteiger partial charge in [0.1, 0.15) is 6.10 Å². The fourth-order valence-electron chi connectivity index (χ4n) is 1.15. The van der Waals surface area contributed by atoms with Gasteiger partial charge in [0, 0.05) is 0 Å². The summed E-state index contributed by atoms with van der Waals surface area (Å²) in [6.07, 6.45) is -0.371. The maximum atomic E-state index is 10.7. The average Bonchev–Trinajstić information content (AvgIpc) is 2.41. The molecular formula is C13H20O5. The first kappa shape index (κ1) is 16.2. The first-order valence-corrected chi connectivity index (χ1v) is 5.77. The molecule has 1 rings (SSSR count). The molecule has 2 N–H and O–H groups in total. The van der Waals surface area contributed by atoms with Gasteiger partial charge in [-0.15, -0.1) is 0 Å².